The van der Waals surface area contributed by atoms with Crippen molar-refractivity contribution in [3.63, 3.8) is 0 Å². The van der Waals surface area contributed by atoms with Gasteiger partial charge < -0.3 is 9.76 Å². The van der Waals surface area contributed by atoms with E-state index in [4.69, 9.17) is 4.65 Å². The third-order valence-electron chi connectivity index (χ3n) is 1.75. The lowest BCUT2D eigenvalue weighted by atomic mass is 9.86. The summed E-state index contributed by atoms with van der Waals surface area (Å²) in [5.74, 6) is 0.356. The third-order valence-corrected chi connectivity index (χ3v) is 1.75. The summed E-state index contributed by atoms with van der Waals surface area (Å²) >= 11 is 0. The maximum Gasteiger partial charge on any atom is 0.313 e. The minimum Gasteiger partial charge on any atom is -0.508 e. The monoisotopic (exact) mass is 134 g/mol. The van der Waals surface area contributed by atoms with Crippen molar-refractivity contribution in [2.45, 2.75) is 6.61 Å². The molecule has 0 bridgehead atoms. The zero-order chi connectivity index (χ0) is 6.97. The number of fused-ring (bicyclic) bond motifs is 1. The molecule has 50 valence electrons. The van der Waals surface area contributed by atoms with Crippen molar-refractivity contribution in [2.75, 3.05) is 0 Å². The van der Waals surface area contributed by atoms with Gasteiger partial charge in [-0.15, -0.1) is 0 Å². The molecule has 0 atom stereocenters. The van der Waals surface area contributed by atoms with Gasteiger partial charge in [0.05, 0.1) is 6.61 Å². The number of phenolic OH excluding ortho intramolecular Hbond substituents is 1. The van der Waals surface area contributed by atoms with E-state index in [1.54, 1.807) is 6.07 Å². The molecule has 1 aromatic rings. The summed E-state index contributed by atoms with van der Waals surface area (Å²) in [4.78, 5) is 0. The second kappa shape index (κ2) is 2.02. The van der Waals surface area contributed by atoms with E-state index in [9.17, 15) is 5.11 Å². The lowest BCUT2D eigenvalue weighted by Gasteiger charge is -1.96. The number of benzene rings is 1. The number of rotatable bonds is 0. The normalized spacial score (nSPS) is 14.4. The minimum absolute atomic E-state index is 0.356. The zero-order valence-corrected chi connectivity index (χ0v) is 5.50. The smallest absolute Gasteiger partial charge is 0.313 e. The first kappa shape index (κ1) is 5.80. The van der Waals surface area contributed by atoms with Gasteiger partial charge in [-0.25, -0.2) is 0 Å². The van der Waals surface area contributed by atoms with E-state index in [0.717, 1.165) is 11.0 Å². The molecule has 2 nitrogen and oxygen atoms in total. The Balaban J connectivity index is 2.59. The highest BCUT2D eigenvalue weighted by molar-refractivity contribution is 6.50. The van der Waals surface area contributed by atoms with Crippen molar-refractivity contribution >= 4 is 12.9 Å². The predicted octanol–water partition coefficient (Wildman–Crippen LogP) is -0.101. The van der Waals surface area contributed by atoms with E-state index in [-0.39, 0.29) is 0 Å². The van der Waals surface area contributed by atoms with Crippen molar-refractivity contribution in [1.82, 2.24) is 0 Å². The number of hydrogen-bond acceptors (Lipinski definition) is 2. The van der Waals surface area contributed by atoms with Crippen LogP contribution in [0.5, 0.6) is 5.75 Å². The summed E-state index contributed by atoms with van der Waals surface area (Å²) in [6.07, 6.45) is 0. The van der Waals surface area contributed by atoms with Crippen LogP contribution in [-0.2, 0) is 11.3 Å². The van der Waals surface area contributed by atoms with E-state index in [1.807, 2.05) is 12.1 Å². The van der Waals surface area contributed by atoms with E-state index in [2.05, 4.69) is 0 Å². The Bertz CT molecular complexity index is 260. The summed E-state index contributed by atoms with van der Waals surface area (Å²) in [6.45, 7) is 0.643. The fourth-order valence-corrected chi connectivity index (χ4v) is 1.19. The standard InChI is InChI=1S/C7H7BO2/c9-6-3-1-2-5-4-10-8-7(5)6/h1-3,8-9H,4H2. The highest BCUT2D eigenvalue weighted by atomic mass is 16.4. The Kier molecular flexibility index (Phi) is 1.17. The Labute approximate surface area is 59.7 Å². The topological polar surface area (TPSA) is 29.5 Å². The molecule has 1 heterocycles. The van der Waals surface area contributed by atoms with Crippen LogP contribution >= 0.6 is 0 Å². The van der Waals surface area contributed by atoms with Gasteiger partial charge in [0.25, 0.3) is 0 Å². The van der Waals surface area contributed by atoms with Gasteiger partial charge in [0, 0.05) is 0 Å². The second-order valence-corrected chi connectivity index (χ2v) is 2.41. The molecule has 0 saturated heterocycles. The molecule has 3 heteroatoms. The second-order valence-electron chi connectivity index (χ2n) is 2.41. The molecule has 0 amide bonds. The molecule has 1 aliphatic rings. The lowest BCUT2D eigenvalue weighted by molar-refractivity contribution is 0.345. The van der Waals surface area contributed by atoms with Crippen molar-refractivity contribution in [2.24, 2.45) is 0 Å². The molecule has 0 fully saturated rings. The molecule has 0 saturated carbocycles. The maximum absolute atomic E-state index is 9.25. The molecule has 2 rings (SSSR count). The molecule has 10 heavy (non-hydrogen) atoms. The SMILES string of the molecule is Oc1cccc2c1BOC2. The van der Waals surface area contributed by atoms with Crippen LogP contribution in [0.2, 0.25) is 0 Å². The van der Waals surface area contributed by atoms with Crippen LogP contribution in [0, 0.1) is 0 Å². The van der Waals surface area contributed by atoms with Gasteiger partial charge in [-0.2, -0.15) is 0 Å². The highest BCUT2D eigenvalue weighted by Crippen LogP contribution is 2.12. The van der Waals surface area contributed by atoms with Gasteiger partial charge in [0.1, 0.15) is 5.75 Å². The summed E-state index contributed by atoms with van der Waals surface area (Å²) in [5, 5.41) is 9.25. The van der Waals surface area contributed by atoms with Gasteiger partial charge in [-0.1, -0.05) is 12.1 Å². The Morgan fingerprint density at radius 3 is 3.20 bits per heavy atom. The van der Waals surface area contributed by atoms with Crippen molar-refractivity contribution < 1.29 is 9.76 Å². The summed E-state index contributed by atoms with van der Waals surface area (Å²) < 4.78 is 5.14. The van der Waals surface area contributed by atoms with Gasteiger partial charge in [-0.3, -0.25) is 0 Å². The first-order valence-corrected chi connectivity index (χ1v) is 3.25. The number of phenols is 1. The third kappa shape index (κ3) is 0.710. The van der Waals surface area contributed by atoms with Crippen LogP contribution in [0.4, 0.5) is 0 Å². The molecule has 0 aromatic heterocycles. The van der Waals surface area contributed by atoms with Crippen LogP contribution < -0.4 is 5.46 Å². The molecule has 0 aliphatic carbocycles. The first-order valence-electron chi connectivity index (χ1n) is 3.25. The van der Waals surface area contributed by atoms with E-state index in [1.165, 1.54) is 0 Å². The maximum atomic E-state index is 9.25. The summed E-state index contributed by atoms with van der Waals surface area (Å²) in [7, 11) is 0.558. The fraction of sp³-hybridized carbons (Fsp3) is 0.143. The van der Waals surface area contributed by atoms with E-state index in [0.29, 0.717) is 19.8 Å². The van der Waals surface area contributed by atoms with Crippen molar-refractivity contribution in [3.8, 4) is 5.75 Å². The van der Waals surface area contributed by atoms with Gasteiger partial charge in [-0.05, 0) is 17.1 Å². The van der Waals surface area contributed by atoms with Crippen LogP contribution in [0.25, 0.3) is 0 Å². The fourth-order valence-electron chi connectivity index (χ4n) is 1.19. The molecular weight excluding hydrogens is 127 g/mol. The zero-order valence-electron chi connectivity index (χ0n) is 5.50. The average molecular weight is 134 g/mol. The van der Waals surface area contributed by atoms with E-state index < -0.39 is 0 Å². The molecule has 0 radical (unpaired) electrons. The summed E-state index contributed by atoms with van der Waals surface area (Å²) in [5.41, 5.74) is 2.06. The molecule has 1 N–H and O–H groups in total. The predicted molar refractivity (Wildman–Crippen MR) is 39.7 cm³/mol. The lowest BCUT2D eigenvalue weighted by Crippen LogP contribution is -2.11. The summed E-state index contributed by atoms with van der Waals surface area (Å²) in [6, 6.07) is 5.50. The van der Waals surface area contributed by atoms with Gasteiger partial charge in [0.15, 0.2) is 0 Å². The van der Waals surface area contributed by atoms with Crippen molar-refractivity contribution in [3.05, 3.63) is 23.8 Å². The van der Waals surface area contributed by atoms with Crippen LogP contribution in [-0.4, -0.2) is 12.6 Å². The average Bonchev–Trinajstić information content (AvgIpc) is 2.36. The molecular formula is C7H7BO2. The highest BCUT2D eigenvalue weighted by Gasteiger charge is 2.15. The molecule has 1 aromatic carbocycles. The van der Waals surface area contributed by atoms with E-state index >= 15 is 0 Å². The van der Waals surface area contributed by atoms with Crippen LogP contribution in [0.15, 0.2) is 18.2 Å². The molecule has 1 aliphatic heterocycles. The Morgan fingerprint density at radius 1 is 1.50 bits per heavy atom. The Hall–Kier alpha value is -0.955. The number of hydrogen-bond donors (Lipinski definition) is 1. The largest absolute Gasteiger partial charge is 0.508 e. The van der Waals surface area contributed by atoms with Crippen LogP contribution in [0.3, 0.4) is 0 Å². The minimum atomic E-state index is 0.356. The first-order chi connectivity index (χ1) is 4.88. The van der Waals surface area contributed by atoms with Crippen molar-refractivity contribution in [1.29, 1.82) is 0 Å². The Morgan fingerprint density at radius 2 is 2.40 bits per heavy atom. The quantitative estimate of drug-likeness (QED) is 0.502. The molecule has 0 spiro atoms. The van der Waals surface area contributed by atoms with Crippen LogP contribution in [0.1, 0.15) is 5.56 Å². The van der Waals surface area contributed by atoms with Gasteiger partial charge >= 0.3 is 7.48 Å². The molecule has 0 unspecified atom stereocenters. The van der Waals surface area contributed by atoms with Gasteiger partial charge in [0.2, 0.25) is 0 Å². The number of aromatic hydroxyl groups is 1.